The van der Waals surface area contributed by atoms with Crippen molar-refractivity contribution in [3.63, 3.8) is 0 Å². The minimum atomic E-state index is 0.0107. The fourth-order valence-corrected chi connectivity index (χ4v) is 2.53. The quantitative estimate of drug-likeness (QED) is 0.727. The lowest BCUT2D eigenvalue weighted by molar-refractivity contribution is -0.126. The zero-order valence-electron chi connectivity index (χ0n) is 10.00. The summed E-state index contributed by atoms with van der Waals surface area (Å²) >= 11 is 0. The molecule has 0 bridgehead atoms. The number of piperidine rings is 1. The first kappa shape index (κ1) is 11.9. The van der Waals surface area contributed by atoms with Crippen LogP contribution in [0.4, 0.5) is 0 Å². The molecule has 0 aliphatic carbocycles. The molecular weight excluding hydrogens is 204 g/mol. The monoisotopic (exact) mass is 226 g/mol. The lowest BCUT2D eigenvalue weighted by Crippen LogP contribution is -2.53. The van der Waals surface area contributed by atoms with E-state index in [9.17, 15) is 4.79 Å². The molecule has 2 fully saturated rings. The number of carbonyl (C=O) groups excluding carboxylic acids is 1. The lowest BCUT2D eigenvalue weighted by atomic mass is 9.92. The molecule has 0 aromatic heterocycles. The largest absolute Gasteiger partial charge is 0.381 e. The summed E-state index contributed by atoms with van der Waals surface area (Å²) in [6, 6.07) is 0.328. The Hall–Kier alpha value is -0.610. The van der Waals surface area contributed by atoms with E-state index in [1.165, 1.54) is 6.42 Å². The van der Waals surface area contributed by atoms with Gasteiger partial charge in [-0.15, -0.1) is 0 Å². The van der Waals surface area contributed by atoms with Crippen LogP contribution in [0.5, 0.6) is 0 Å². The summed E-state index contributed by atoms with van der Waals surface area (Å²) in [5.74, 6) is 0.632. The minimum absolute atomic E-state index is 0.0107. The molecule has 0 spiro atoms. The Morgan fingerprint density at radius 2 is 2.06 bits per heavy atom. The van der Waals surface area contributed by atoms with Gasteiger partial charge in [-0.3, -0.25) is 4.79 Å². The van der Waals surface area contributed by atoms with Gasteiger partial charge in [0.2, 0.25) is 5.91 Å². The van der Waals surface area contributed by atoms with Crippen LogP contribution in [-0.4, -0.2) is 37.7 Å². The van der Waals surface area contributed by atoms with Crippen molar-refractivity contribution in [2.75, 3.05) is 19.8 Å². The summed E-state index contributed by atoms with van der Waals surface area (Å²) in [5.41, 5.74) is 0. The van der Waals surface area contributed by atoms with Crippen molar-refractivity contribution < 1.29 is 9.53 Å². The van der Waals surface area contributed by atoms with Crippen LogP contribution in [0.15, 0.2) is 0 Å². The molecule has 0 radical (unpaired) electrons. The van der Waals surface area contributed by atoms with Crippen molar-refractivity contribution in [1.82, 2.24) is 10.6 Å². The van der Waals surface area contributed by atoms with E-state index in [0.717, 1.165) is 39.0 Å². The Labute approximate surface area is 97.1 Å². The van der Waals surface area contributed by atoms with Crippen molar-refractivity contribution in [1.29, 1.82) is 0 Å². The number of hydrogen-bond acceptors (Lipinski definition) is 3. The highest BCUT2D eigenvalue weighted by atomic mass is 16.5. The molecule has 2 aliphatic rings. The summed E-state index contributed by atoms with van der Waals surface area (Å²) in [7, 11) is 0. The van der Waals surface area contributed by atoms with Crippen molar-refractivity contribution in [3.05, 3.63) is 0 Å². The van der Waals surface area contributed by atoms with Crippen LogP contribution < -0.4 is 10.6 Å². The van der Waals surface area contributed by atoms with Crippen LogP contribution in [-0.2, 0) is 9.53 Å². The maximum atomic E-state index is 12.1. The second-order valence-corrected chi connectivity index (χ2v) is 4.95. The molecule has 0 aromatic rings. The highest BCUT2D eigenvalue weighted by Crippen LogP contribution is 2.16. The molecule has 4 nitrogen and oxygen atoms in total. The van der Waals surface area contributed by atoms with Crippen LogP contribution in [0.1, 0.15) is 32.6 Å². The fourth-order valence-electron chi connectivity index (χ4n) is 2.53. The number of nitrogens with one attached hydrogen (secondary N) is 2. The molecule has 2 saturated heterocycles. The van der Waals surface area contributed by atoms with E-state index in [0.29, 0.717) is 12.0 Å². The molecule has 0 saturated carbocycles. The van der Waals surface area contributed by atoms with Gasteiger partial charge < -0.3 is 15.4 Å². The SMILES string of the molecule is CC1CCCNC1C(=O)NC1CCOCC1. The van der Waals surface area contributed by atoms with Crippen molar-refractivity contribution in [2.24, 2.45) is 5.92 Å². The van der Waals surface area contributed by atoms with Crippen molar-refractivity contribution in [2.45, 2.75) is 44.7 Å². The molecule has 4 heteroatoms. The number of ether oxygens (including phenoxy) is 1. The van der Waals surface area contributed by atoms with Gasteiger partial charge in [-0.1, -0.05) is 6.92 Å². The summed E-state index contributed by atoms with van der Waals surface area (Å²) in [6.07, 6.45) is 4.24. The molecular formula is C12H22N2O2. The lowest BCUT2D eigenvalue weighted by Gasteiger charge is -2.31. The molecule has 2 atom stereocenters. The fraction of sp³-hybridized carbons (Fsp3) is 0.917. The van der Waals surface area contributed by atoms with Gasteiger partial charge in [0.15, 0.2) is 0 Å². The third kappa shape index (κ3) is 2.95. The van der Waals surface area contributed by atoms with E-state index in [-0.39, 0.29) is 11.9 Å². The van der Waals surface area contributed by atoms with Gasteiger partial charge in [0.25, 0.3) is 0 Å². The second kappa shape index (κ2) is 5.64. The van der Waals surface area contributed by atoms with E-state index in [2.05, 4.69) is 17.6 Å². The van der Waals surface area contributed by atoms with E-state index < -0.39 is 0 Å². The molecule has 2 heterocycles. The predicted octanol–water partition coefficient (Wildman–Crippen LogP) is 0.670. The first-order chi connectivity index (χ1) is 7.77. The Kier molecular flexibility index (Phi) is 4.18. The standard InChI is InChI=1S/C12H22N2O2/c1-9-3-2-6-13-11(9)12(15)14-10-4-7-16-8-5-10/h9-11,13H,2-8H2,1H3,(H,14,15). The maximum Gasteiger partial charge on any atom is 0.237 e. The van der Waals surface area contributed by atoms with Crippen LogP contribution >= 0.6 is 0 Å². The third-order valence-electron chi connectivity index (χ3n) is 3.62. The van der Waals surface area contributed by atoms with Crippen LogP contribution in [0.25, 0.3) is 0 Å². The summed E-state index contributed by atoms with van der Waals surface area (Å²) in [4.78, 5) is 12.1. The number of rotatable bonds is 2. The predicted molar refractivity (Wildman–Crippen MR) is 62.2 cm³/mol. The highest BCUT2D eigenvalue weighted by molar-refractivity contribution is 5.82. The van der Waals surface area contributed by atoms with E-state index in [1.807, 2.05) is 0 Å². The van der Waals surface area contributed by atoms with Gasteiger partial charge in [0, 0.05) is 19.3 Å². The highest BCUT2D eigenvalue weighted by Gasteiger charge is 2.28. The molecule has 2 N–H and O–H groups in total. The Bertz CT molecular complexity index is 239. The molecule has 16 heavy (non-hydrogen) atoms. The van der Waals surface area contributed by atoms with E-state index >= 15 is 0 Å². The van der Waals surface area contributed by atoms with Crippen LogP contribution in [0.3, 0.4) is 0 Å². The smallest absolute Gasteiger partial charge is 0.237 e. The Morgan fingerprint density at radius 1 is 1.31 bits per heavy atom. The zero-order valence-corrected chi connectivity index (χ0v) is 10.00. The summed E-state index contributed by atoms with van der Waals surface area (Å²) in [5, 5.41) is 6.45. The number of carbonyl (C=O) groups is 1. The molecule has 2 rings (SSSR count). The first-order valence-corrected chi connectivity index (χ1v) is 6.39. The van der Waals surface area contributed by atoms with Crippen molar-refractivity contribution >= 4 is 5.91 Å². The van der Waals surface area contributed by atoms with E-state index in [4.69, 9.17) is 4.74 Å². The molecule has 1 amide bonds. The third-order valence-corrected chi connectivity index (χ3v) is 3.62. The van der Waals surface area contributed by atoms with Crippen LogP contribution in [0.2, 0.25) is 0 Å². The van der Waals surface area contributed by atoms with Gasteiger partial charge >= 0.3 is 0 Å². The number of hydrogen-bond donors (Lipinski definition) is 2. The Balaban J connectivity index is 1.81. The average Bonchev–Trinajstić information content (AvgIpc) is 2.31. The first-order valence-electron chi connectivity index (χ1n) is 6.39. The van der Waals surface area contributed by atoms with Crippen molar-refractivity contribution in [3.8, 4) is 0 Å². The molecule has 92 valence electrons. The minimum Gasteiger partial charge on any atom is -0.381 e. The summed E-state index contributed by atoms with van der Waals surface area (Å²) < 4.78 is 5.28. The maximum absolute atomic E-state index is 12.1. The topological polar surface area (TPSA) is 50.4 Å². The van der Waals surface area contributed by atoms with Gasteiger partial charge in [-0.25, -0.2) is 0 Å². The number of amides is 1. The van der Waals surface area contributed by atoms with Gasteiger partial charge in [0.05, 0.1) is 6.04 Å². The Morgan fingerprint density at radius 3 is 2.75 bits per heavy atom. The van der Waals surface area contributed by atoms with Gasteiger partial charge in [-0.05, 0) is 38.1 Å². The van der Waals surface area contributed by atoms with Gasteiger partial charge in [0.1, 0.15) is 0 Å². The molecule has 0 aromatic carbocycles. The van der Waals surface area contributed by atoms with E-state index in [1.54, 1.807) is 0 Å². The normalized spacial score (nSPS) is 32.3. The van der Waals surface area contributed by atoms with Gasteiger partial charge in [-0.2, -0.15) is 0 Å². The molecule has 2 unspecified atom stereocenters. The van der Waals surface area contributed by atoms with Crippen LogP contribution in [0, 0.1) is 5.92 Å². The second-order valence-electron chi connectivity index (χ2n) is 4.95. The molecule has 2 aliphatic heterocycles. The summed E-state index contributed by atoms with van der Waals surface area (Å²) in [6.45, 7) is 4.67. The zero-order chi connectivity index (χ0) is 11.4. The average molecular weight is 226 g/mol.